The molecule has 1 N–H and O–H groups in total. The van der Waals surface area contributed by atoms with Crippen molar-refractivity contribution in [1.29, 1.82) is 0 Å². The molecule has 1 unspecified atom stereocenters. The number of aromatic nitrogens is 2. The lowest BCUT2D eigenvalue weighted by atomic mass is 9.75. The van der Waals surface area contributed by atoms with Gasteiger partial charge in [0, 0.05) is 11.3 Å². The maximum Gasteiger partial charge on any atom is 0.0631 e. The SMILES string of the molecule is CCCC(C)(CC)c1c(C)n[nH]c1C. The Morgan fingerprint density at radius 2 is 1.93 bits per heavy atom. The highest BCUT2D eigenvalue weighted by Crippen LogP contribution is 2.35. The Morgan fingerprint density at radius 3 is 2.29 bits per heavy atom. The van der Waals surface area contributed by atoms with Crippen molar-refractivity contribution in [3.63, 3.8) is 0 Å². The van der Waals surface area contributed by atoms with Crippen LogP contribution in [0.2, 0.25) is 0 Å². The first kappa shape index (κ1) is 11.3. The van der Waals surface area contributed by atoms with Crippen LogP contribution >= 0.6 is 0 Å². The third-order valence-electron chi connectivity index (χ3n) is 3.31. The fourth-order valence-corrected chi connectivity index (χ4v) is 2.47. The number of rotatable bonds is 4. The highest BCUT2D eigenvalue weighted by Gasteiger charge is 2.28. The van der Waals surface area contributed by atoms with E-state index in [0.717, 1.165) is 0 Å². The minimum absolute atomic E-state index is 0.302. The molecule has 1 rings (SSSR count). The van der Waals surface area contributed by atoms with Crippen LogP contribution in [0.3, 0.4) is 0 Å². The summed E-state index contributed by atoms with van der Waals surface area (Å²) in [5.74, 6) is 0. The summed E-state index contributed by atoms with van der Waals surface area (Å²) >= 11 is 0. The largest absolute Gasteiger partial charge is 0.282 e. The molecule has 0 radical (unpaired) electrons. The molecular weight excluding hydrogens is 172 g/mol. The summed E-state index contributed by atoms with van der Waals surface area (Å²) in [4.78, 5) is 0. The summed E-state index contributed by atoms with van der Waals surface area (Å²) < 4.78 is 0. The molecule has 0 aliphatic carbocycles. The van der Waals surface area contributed by atoms with Gasteiger partial charge >= 0.3 is 0 Å². The van der Waals surface area contributed by atoms with E-state index >= 15 is 0 Å². The van der Waals surface area contributed by atoms with Gasteiger partial charge in [-0.25, -0.2) is 0 Å². The zero-order chi connectivity index (χ0) is 10.8. The van der Waals surface area contributed by atoms with Gasteiger partial charge in [0.1, 0.15) is 0 Å². The van der Waals surface area contributed by atoms with Crippen LogP contribution in [0.4, 0.5) is 0 Å². The highest BCUT2D eigenvalue weighted by atomic mass is 15.1. The summed E-state index contributed by atoms with van der Waals surface area (Å²) in [5.41, 5.74) is 4.14. The van der Waals surface area contributed by atoms with Gasteiger partial charge in [-0.05, 0) is 32.1 Å². The second-order valence-corrected chi connectivity index (χ2v) is 4.47. The van der Waals surface area contributed by atoms with Crippen molar-refractivity contribution in [3.8, 4) is 0 Å². The van der Waals surface area contributed by atoms with Gasteiger partial charge in [0.05, 0.1) is 5.69 Å². The summed E-state index contributed by atoms with van der Waals surface area (Å²) in [6.45, 7) is 11.1. The Hall–Kier alpha value is -0.790. The van der Waals surface area contributed by atoms with E-state index in [9.17, 15) is 0 Å². The van der Waals surface area contributed by atoms with Crippen LogP contribution in [0.25, 0.3) is 0 Å². The predicted octanol–water partition coefficient (Wildman–Crippen LogP) is 3.49. The van der Waals surface area contributed by atoms with E-state index in [2.05, 4.69) is 44.8 Å². The zero-order valence-electron chi connectivity index (χ0n) is 10.1. The van der Waals surface area contributed by atoms with Gasteiger partial charge < -0.3 is 0 Å². The van der Waals surface area contributed by atoms with Crippen LogP contribution in [-0.4, -0.2) is 10.2 Å². The summed E-state index contributed by atoms with van der Waals surface area (Å²) in [6, 6.07) is 0. The Balaban J connectivity index is 3.11. The molecule has 0 bridgehead atoms. The lowest BCUT2D eigenvalue weighted by Gasteiger charge is -2.28. The standard InChI is InChI=1S/C12H22N2/c1-6-8-12(5,7-2)11-9(3)13-14-10(11)4/h6-8H2,1-5H3,(H,13,14). The normalized spacial score (nSPS) is 15.5. The quantitative estimate of drug-likeness (QED) is 0.781. The summed E-state index contributed by atoms with van der Waals surface area (Å²) in [5, 5.41) is 7.37. The van der Waals surface area contributed by atoms with Gasteiger partial charge in [0.2, 0.25) is 0 Å². The molecule has 2 nitrogen and oxygen atoms in total. The van der Waals surface area contributed by atoms with E-state index in [-0.39, 0.29) is 0 Å². The molecule has 0 amide bonds. The van der Waals surface area contributed by atoms with Crippen molar-refractivity contribution in [2.45, 2.75) is 59.3 Å². The Morgan fingerprint density at radius 1 is 1.29 bits per heavy atom. The number of H-pyrrole nitrogens is 1. The van der Waals surface area contributed by atoms with Crippen molar-refractivity contribution in [3.05, 3.63) is 17.0 Å². The Kier molecular flexibility index (Phi) is 3.35. The first-order valence-electron chi connectivity index (χ1n) is 5.57. The predicted molar refractivity (Wildman–Crippen MR) is 60.6 cm³/mol. The van der Waals surface area contributed by atoms with E-state index in [1.807, 2.05) is 0 Å². The highest BCUT2D eigenvalue weighted by molar-refractivity contribution is 5.31. The molecule has 0 aromatic carbocycles. The molecule has 80 valence electrons. The fourth-order valence-electron chi connectivity index (χ4n) is 2.47. The smallest absolute Gasteiger partial charge is 0.0631 e. The van der Waals surface area contributed by atoms with Crippen molar-refractivity contribution >= 4 is 0 Å². The summed E-state index contributed by atoms with van der Waals surface area (Å²) in [7, 11) is 0. The van der Waals surface area contributed by atoms with E-state index in [1.54, 1.807) is 0 Å². The third-order valence-corrected chi connectivity index (χ3v) is 3.31. The minimum Gasteiger partial charge on any atom is -0.282 e. The Labute approximate surface area is 87.1 Å². The van der Waals surface area contributed by atoms with E-state index < -0.39 is 0 Å². The molecule has 14 heavy (non-hydrogen) atoms. The minimum atomic E-state index is 0.302. The lowest BCUT2D eigenvalue weighted by molar-refractivity contribution is 0.410. The summed E-state index contributed by atoms with van der Waals surface area (Å²) in [6.07, 6.45) is 3.65. The second-order valence-electron chi connectivity index (χ2n) is 4.47. The molecule has 1 aromatic heterocycles. The average molecular weight is 194 g/mol. The maximum atomic E-state index is 4.29. The van der Waals surface area contributed by atoms with Crippen LogP contribution in [0.5, 0.6) is 0 Å². The van der Waals surface area contributed by atoms with Gasteiger partial charge in [-0.15, -0.1) is 0 Å². The van der Waals surface area contributed by atoms with Crippen LogP contribution < -0.4 is 0 Å². The van der Waals surface area contributed by atoms with Gasteiger partial charge in [0.25, 0.3) is 0 Å². The van der Waals surface area contributed by atoms with Gasteiger partial charge in [-0.2, -0.15) is 5.10 Å². The monoisotopic (exact) mass is 194 g/mol. The number of aromatic amines is 1. The van der Waals surface area contributed by atoms with E-state index in [0.29, 0.717) is 5.41 Å². The van der Waals surface area contributed by atoms with E-state index in [1.165, 1.54) is 36.2 Å². The molecule has 0 spiro atoms. The van der Waals surface area contributed by atoms with Gasteiger partial charge in [0.15, 0.2) is 0 Å². The van der Waals surface area contributed by atoms with Gasteiger partial charge in [-0.3, -0.25) is 5.10 Å². The lowest BCUT2D eigenvalue weighted by Crippen LogP contribution is -2.22. The second kappa shape index (κ2) is 4.16. The van der Waals surface area contributed by atoms with Crippen LogP contribution in [0.1, 0.15) is 57.0 Å². The molecule has 0 fully saturated rings. The number of aryl methyl sites for hydroxylation is 2. The molecule has 0 saturated heterocycles. The number of hydrogen-bond acceptors (Lipinski definition) is 1. The first-order chi connectivity index (χ1) is 6.55. The molecule has 1 atom stereocenters. The number of hydrogen-bond donors (Lipinski definition) is 1. The molecule has 1 aromatic rings. The zero-order valence-corrected chi connectivity index (χ0v) is 10.1. The number of nitrogens with one attached hydrogen (secondary N) is 1. The molecule has 1 heterocycles. The fraction of sp³-hybridized carbons (Fsp3) is 0.750. The van der Waals surface area contributed by atoms with Crippen LogP contribution in [0.15, 0.2) is 0 Å². The van der Waals surface area contributed by atoms with Crippen molar-refractivity contribution in [2.75, 3.05) is 0 Å². The van der Waals surface area contributed by atoms with E-state index in [4.69, 9.17) is 0 Å². The molecule has 0 aliphatic heterocycles. The van der Waals surface area contributed by atoms with Gasteiger partial charge in [-0.1, -0.05) is 27.2 Å². The molecule has 2 heteroatoms. The third kappa shape index (κ3) is 1.84. The van der Waals surface area contributed by atoms with Crippen molar-refractivity contribution in [2.24, 2.45) is 0 Å². The topological polar surface area (TPSA) is 28.7 Å². The Bertz CT molecular complexity index is 282. The average Bonchev–Trinajstić information content (AvgIpc) is 2.47. The maximum absolute atomic E-state index is 4.29. The molecule has 0 saturated carbocycles. The number of nitrogens with zero attached hydrogens (tertiary/aromatic N) is 1. The molecule has 0 aliphatic rings. The van der Waals surface area contributed by atoms with Crippen LogP contribution in [-0.2, 0) is 5.41 Å². The molecular formula is C12H22N2. The first-order valence-corrected chi connectivity index (χ1v) is 5.57. The van der Waals surface area contributed by atoms with Crippen molar-refractivity contribution < 1.29 is 0 Å². The van der Waals surface area contributed by atoms with Crippen LogP contribution in [0, 0.1) is 13.8 Å². The van der Waals surface area contributed by atoms with Crippen molar-refractivity contribution in [1.82, 2.24) is 10.2 Å².